The normalized spacial score (nSPS) is 12.5. The quantitative estimate of drug-likeness (QED) is 0.622. The lowest BCUT2D eigenvalue weighted by atomic mass is 10.0. The molecule has 0 radical (unpaired) electrons. The zero-order valence-corrected chi connectivity index (χ0v) is 12.0. The van der Waals surface area contributed by atoms with Crippen LogP contribution in [0, 0.1) is 5.92 Å². The van der Waals surface area contributed by atoms with Crippen molar-refractivity contribution < 1.29 is 9.59 Å². The zero-order chi connectivity index (χ0) is 14.0. The van der Waals surface area contributed by atoms with E-state index >= 15 is 0 Å². The maximum Gasteiger partial charge on any atom is 0.243 e. The van der Waals surface area contributed by atoms with Gasteiger partial charge in [0.2, 0.25) is 11.8 Å². The van der Waals surface area contributed by atoms with Gasteiger partial charge in [0.05, 0.1) is 6.04 Å². The van der Waals surface area contributed by atoms with Gasteiger partial charge < -0.3 is 5.73 Å². The van der Waals surface area contributed by atoms with Crippen molar-refractivity contribution >= 4 is 11.8 Å². The van der Waals surface area contributed by atoms with Gasteiger partial charge in [0.1, 0.15) is 0 Å². The number of amides is 2. The molecule has 0 unspecified atom stereocenters. The van der Waals surface area contributed by atoms with Crippen molar-refractivity contribution in [1.82, 2.24) is 5.32 Å². The Morgan fingerprint density at radius 1 is 1.06 bits per heavy atom. The SMILES string of the molecule is CCCCCCCCC(=O)NC(=O)[C@@H](N)C(C)C. The number of nitrogens with two attached hydrogens (primary N) is 1. The number of carbonyl (C=O) groups excluding carboxylic acids is 2. The molecular formula is C14H28N2O2. The van der Waals surface area contributed by atoms with E-state index in [1.807, 2.05) is 13.8 Å². The number of unbranched alkanes of at least 4 members (excludes halogenated alkanes) is 5. The lowest BCUT2D eigenvalue weighted by Gasteiger charge is -2.14. The summed E-state index contributed by atoms with van der Waals surface area (Å²) in [6.07, 6.45) is 7.20. The number of nitrogens with one attached hydrogen (secondary N) is 1. The van der Waals surface area contributed by atoms with Crippen LogP contribution < -0.4 is 11.1 Å². The summed E-state index contributed by atoms with van der Waals surface area (Å²) in [6.45, 7) is 5.90. The summed E-state index contributed by atoms with van der Waals surface area (Å²) in [6, 6.07) is -0.599. The molecule has 0 aromatic rings. The second-order valence-electron chi connectivity index (χ2n) is 5.20. The monoisotopic (exact) mass is 256 g/mol. The molecule has 0 aliphatic rings. The molecule has 4 heteroatoms. The highest BCUT2D eigenvalue weighted by Gasteiger charge is 2.18. The Balaban J connectivity index is 3.62. The Labute approximate surface area is 111 Å². The molecule has 3 N–H and O–H groups in total. The first-order valence-corrected chi connectivity index (χ1v) is 7.08. The summed E-state index contributed by atoms with van der Waals surface area (Å²) in [4.78, 5) is 23.0. The summed E-state index contributed by atoms with van der Waals surface area (Å²) >= 11 is 0. The largest absolute Gasteiger partial charge is 0.320 e. The smallest absolute Gasteiger partial charge is 0.243 e. The van der Waals surface area contributed by atoms with Gasteiger partial charge in [0.15, 0.2) is 0 Å². The van der Waals surface area contributed by atoms with Crippen molar-refractivity contribution in [3.05, 3.63) is 0 Å². The minimum absolute atomic E-state index is 0.0480. The van der Waals surface area contributed by atoms with Crippen molar-refractivity contribution in [2.24, 2.45) is 11.7 Å². The first kappa shape index (κ1) is 17.1. The van der Waals surface area contributed by atoms with Crippen molar-refractivity contribution in [1.29, 1.82) is 0 Å². The summed E-state index contributed by atoms with van der Waals surface area (Å²) in [5.41, 5.74) is 5.65. The highest BCUT2D eigenvalue weighted by molar-refractivity contribution is 5.97. The lowest BCUT2D eigenvalue weighted by Crippen LogP contribution is -2.46. The van der Waals surface area contributed by atoms with Crippen LogP contribution in [0.4, 0.5) is 0 Å². The second-order valence-corrected chi connectivity index (χ2v) is 5.20. The van der Waals surface area contributed by atoms with Crippen LogP contribution >= 0.6 is 0 Å². The van der Waals surface area contributed by atoms with Gasteiger partial charge in [0.25, 0.3) is 0 Å². The van der Waals surface area contributed by atoms with E-state index in [0.29, 0.717) is 6.42 Å². The summed E-state index contributed by atoms with van der Waals surface area (Å²) < 4.78 is 0. The molecule has 0 aromatic carbocycles. The maximum absolute atomic E-state index is 11.5. The van der Waals surface area contributed by atoms with E-state index in [2.05, 4.69) is 12.2 Å². The molecule has 0 aromatic heterocycles. The molecule has 18 heavy (non-hydrogen) atoms. The molecule has 0 aliphatic carbocycles. The molecule has 4 nitrogen and oxygen atoms in total. The molecule has 0 fully saturated rings. The molecule has 0 spiro atoms. The number of carbonyl (C=O) groups is 2. The van der Waals surface area contributed by atoms with Gasteiger partial charge in [-0.1, -0.05) is 52.9 Å². The van der Waals surface area contributed by atoms with Crippen molar-refractivity contribution in [3.8, 4) is 0 Å². The van der Waals surface area contributed by atoms with Crippen LogP contribution in [0.2, 0.25) is 0 Å². The maximum atomic E-state index is 11.5. The van der Waals surface area contributed by atoms with Crippen LogP contribution in [0.5, 0.6) is 0 Å². The van der Waals surface area contributed by atoms with E-state index in [0.717, 1.165) is 12.8 Å². The van der Waals surface area contributed by atoms with E-state index in [1.54, 1.807) is 0 Å². The van der Waals surface area contributed by atoms with Gasteiger partial charge in [-0.05, 0) is 12.3 Å². The fourth-order valence-corrected chi connectivity index (χ4v) is 1.65. The average molecular weight is 256 g/mol. The highest BCUT2D eigenvalue weighted by Crippen LogP contribution is 2.06. The van der Waals surface area contributed by atoms with Crippen molar-refractivity contribution in [2.45, 2.75) is 71.8 Å². The fourth-order valence-electron chi connectivity index (χ4n) is 1.65. The Hall–Kier alpha value is -0.900. The van der Waals surface area contributed by atoms with Crippen LogP contribution in [0.1, 0.15) is 65.7 Å². The minimum atomic E-state index is -0.599. The van der Waals surface area contributed by atoms with Crippen LogP contribution in [-0.2, 0) is 9.59 Å². The number of hydrogen-bond acceptors (Lipinski definition) is 3. The molecule has 106 valence electrons. The molecule has 0 aliphatic heterocycles. The molecule has 0 bridgehead atoms. The predicted molar refractivity (Wildman–Crippen MR) is 74.0 cm³/mol. The van der Waals surface area contributed by atoms with Gasteiger partial charge in [-0.15, -0.1) is 0 Å². The summed E-state index contributed by atoms with van der Waals surface area (Å²) in [5.74, 6) is -0.514. The van der Waals surface area contributed by atoms with Gasteiger partial charge in [0, 0.05) is 6.42 Å². The number of imide groups is 1. The molecule has 1 atom stereocenters. The topological polar surface area (TPSA) is 72.2 Å². The molecular weight excluding hydrogens is 228 g/mol. The second kappa shape index (κ2) is 10.1. The first-order valence-electron chi connectivity index (χ1n) is 7.08. The average Bonchev–Trinajstić information content (AvgIpc) is 2.32. The minimum Gasteiger partial charge on any atom is -0.320 e. The van der Waals surface area contributed by atoms with Crippen LogP contribution in [0.15, 0.2) is 0 Å². The number of hydrogen-bond donors (Lipinski definition) is 2. The third-order valence-corrected chi connectivity index (χ3v) is 3.04. The zero-order valence-electron chi connectivity index (χ0n) is 12.0. The van der Waals surface area contributed by atoms with Gasteiger partial charge in [-0.25, -0.2) is 0 Å². The molecule has 0 rings (SSSR count). The van der Waals surface area contributed by atoms with E-state index in [9.17, 15) is 9.59 Å². The van der Waals surface area contributed by atoms with Gasteiger partial charge >= 0.3 is 0 Å². The molecule has 0 saturated heterocycles. The fraction of sp³-hybridized carbons (Fsp3) is 0.857. The van der Waals surface area contributed by atoms with E-state index in [1.165, 1.54) is 25.7 Å². The van der Waals surface area contributed by atoms with E-state index < -0.39 is 6.04 Å². The standard InChI is InChI=1S/C14H28N2O2/c1-4-5-6-7-8-9-10-12(17)16-14(18)13(15)11(2)3/h11,13H,4-10,15H2,1-3H3,(H,16,17,18)/t13-/m0/s1. The Bertz CT molecular complexity index is 252. The Morgan fingerprint density at radius 2 is 1.61 bits per heavy atom. The number of rotatable bonds is 9. The summed E-state index contributed by atoms with van der Waals surface area (Å²) in [5, 5.41) is 2.36. The third-order valence-electron chi connectivity index (χ3n) is 3.04. The van der Waals surface area contributed by atoms with Crippen LogP contribution in [-0.4, -0.2) is 17.9 Å². The van der Waals surface area contributed by atoms with Crippen LogP contribution in [0.3, 0.4) is 0 Å². The highest BCUT2D eigenvalue weighted by atomic mass is 16.2. The van der Waals surface area contributed by atoms with Crippen molar-refractivity contribution in [3.63, 3.8) is 0 Å². The van der Waals surface area contributed by atoms with E-state index in [-0.39, 0.29) is 17.7 Å². The van der Waals surface area contributed by atoms with Crippen molar-refractivity contribution in [2.75, 3.05) is 0 Å². The molecule has 2 amide bonds. The van der Waals surface area contributed by atoms with Gasteiger partial charge in [-0.2, -0.15) is 0 Å². The van der Waals surface area contributed by atoms with Crippen LogP contribution in [0.25, 0.3) is 0 Å². The third kappa shape index (κ3) is 8.23. The summed E-state index contributed by atoms with van der Waals surface area (Å²) in [7, 11) is 0. The lowest BCUT2D eigenvalue weighted by molar-refractivity contribution is -0.131. The predicted octanol–water partition coefficient (Wildman–Crippen LogP) is 2.36. The molecule has 0 heterocycles. The Kier molecular flexibility index (Phi) is 9.56. The first-order chi connectivity index (χ1) is 8.49. The van der Waals surface area contributed by atoms with E-state index in [4.69, 9.17) is 5.73 Å². The Morgan fingerprint density at radius 3 is 2.17 bits per heavy atom. The molecule has 0 saturated carbocycles. The van der Waals surface area contributed by atoms with Gasteiger partial charge in [-0.3, -0.25) is 14.9 Å².